The minimum atomic E-state index is -0.0542. The molecule has 35 heavy (non-hydrogen) atoms. The Labute approximate surface area is 212 Å². The fraction of sp³-hybridized carbons (Fsp3) is 0.481. The van der Waals surface area contributed by atoms with Crippen molar-refractivity contribution in [3.05, 3.63) is 47.5 Å². The van der Waals surface area contributed by atoms with Crippen molar-refractivity contribution in [3.63, 3.8) is 0 Å². The van der Waals surface area contributed by atoms with Crippen LogP contribution in [0.5, 0.6) is 11.5 Å². The molecule has 1 saturated heterocycles. The molecule has 4 rings (SSSR count). The van der Waals surface area contributed by atoms with Gasteiger partial charge in [-0.25, -0.2) is 4.98 Å². The van der Waals surface area contributed by atoms with Gasteiger partial charge in [-0.05, 0) is 43.2 Å². The highest BCUT2D eigenvalue weighted by Crippen LogP contribution is 2.36. The lowest BCUT2D eigenvalue weighted by atomic mass is 10.2. The van der Waals surface area contributed by atoms with Crippen LogP contribution in [-0.4, -0.2) is 68.8 Å². The van der Waals surface area contributed by atoms with Crippen molar-refractivity contribution in [2.24, 2.45) is 0 Å². The van der Waals surface area contributed by atoms with Gasteiger partial charge in [0.25, 0.3) is 5.91 Å². The van der Waals surface area contributed by atoms with E-state index in [2.05, 4.69) is 35.0 Å². The molecule has 188 valence electrons. The number of piperazine rings is 1. The molecular formula is C27H36N4O3S. The zero-order valence-corrected chi connectivity index (χ0v) is 21.8. The van der Waals surface area contributed by atoms with E-state index in [9.17, 15) is 4.79 Å². The Morgan fingerprint density at radius 3 is 2.74 bits per heavy atom. The van der Waals surface area contributed by atoms with Gasteiger partial charge in [0.2, 0.25) is 0 Å². The topological polar surface area (TPSA) is 66.9 Å². The highest BCUT2D eigenvalue weighted by molar-refractivity contribution is 7.22. The molecular weight excluding hydrogens is 460 g/mol. The van der Waals surface area contributed by atoms with Crippen molar-refractivity contribution in [1.82, 2.24) is 15.2 Å². The highest BCUT2D eigenvalue weighted by atomic mass is 32.1. The van der Waals surface area contributed by atoms with Crippen molar-refractivity contribution >= 4 is 32.6 Å². The third-order valence-corrected chi connectivity index (χ3v) is 7.63. The van der Waals surface area contributed by atoms with Gasteiger partial charge in [-0.3, -0.25) is 9.69 Å². The van der Waals surface area contributed by atoms with E-state index in [0.717, 1.165) is 74.1 Å². The van der Waals surface area contributed by atoms with Crippen LogP contribution in [0, 0.1) is 6.92 Å². The summed E-state index contributed by atoms with van der Waals surface area (Å²) in [4.78, 5) is 22.2. The summed E-state index contributed by atoms with van der Waals surface area (Å²) in [6.45, 7) is 10.2. The molecule has 0 bridgehead atoms. The number of aryl methyl sites for hydroxylation is 1. The third-order valence-electron chi connectivity index (χ3n) is 6.38. The van der Waals surface area contributed by atoms with Crippen LogP contribution in [0.3, 0.4) is 0 Å². The van der Waals surface area contributed by atoms with Gasteiger partial charge in [0.1, 0.15) is 17.0 Å². The number of amides is 1. The zero-order valence-electron chi connectivity index (χ0n) is 21.0. The number of ether oxygens (including phenoxy) is 2. The number of hydrogen-bond acceptors (Lipinski definition) is 7. The van der Waals surface area contributed by atoms with Crippen molar-refractivity contribution in [2.45, 2.75) is 33.1 Å². The van der Waals surface area contributed by atoms with Gasteiger partial charge in [0.05, 0.1) is 18.4 Å². The summed E-state index contributed by atoms with van der Waals surface area (Å²) >= 11 is 1.74. The summed E-state index contributed by atoms with van der Waals surface area (Å²) in [5, 5.41) is 4.11. The second-order valence-electron chi connectivity index (χ2n) is 8.93. The molecule has 8 heteroatoms. The number of thiazole rings is 1. The predicted molar refractivity (Wildman–Crippen MR) is 143 cm³/mol. The van der Waals surface area contributed by atoms with Crippen LogP contribution < -0.4 is 19.7 Å². The summed E-state index contributed by atoms with van der Waals surface area (Å²) in [5.74, 6) is 1.53. The van der Waals surface area contributed by atoms with E-state index in [1.165, 1.54) is 10.3 Å². The summed E-state index contributed by atoms with van der Waals surface area (Å²) in [6, 6.07) is 11.5. The first-order valence-corrected chi connectivity index (χ1v) is 13.3. The number of nitrogens with zero attached hydrogens (tertiary/aromatic N) is 3. The number of unbranched alkanes of at least 4 members (excludes halogenated alkanes) is 2. The van der Waals surface area contributed by atoms with E-state index in [0.29, 0.717) is 18.7 Å². The lowest BCUT2D eigenvalue weighted by Crippen LogP contribution is -2.48. The van der Waals surface area contributed by atoms with Crippen LogP contribution in [0.2, 0.25) is 0 Å². The van der Waals surface area contributed by atoms with Gasteiger partial charge in [-0.15, -0.1) is 0 Å². The molecule has 1 N–H and O–H groups in total. The molecule has 0 atom stereocenters. The Morgan fingerprint density at radius 1 is 1.14 bits per heavy atom. The van der Waals surface area contributed by atoms with E-state index in [1.54, 1.807) is 18.4 Å². The van der Waals surface area contributed by atoms with Crippen LogP contribution >= 0.6 is 11.3 Å². The normalized spacial score (nSPS) is 14.3. The lowest BCUT2D eigenvalue weighted by Gasteiger charge is -2.34. The van der Waals surface area contributed by atoms with E-state index >= 15 is 0 Å². The number of anilines is 1. The summed E-state index contributed by atoms with van der Waals surface area (Å²) < 4.78 is 12.5. The average molecular weight is 497 g/mol. The van der Waals surface area contributed by atoms with E-state index < -0.39 is 0 Å². The minimum absolute atomic E-state index is 0.0542. The molecule has 1 aromatic heterocycles. The highest BCUT2D eigenvalue weighted by Gasteiger charge is 2.21. The maximum atomic E-state index is 12.6. The van der Waals surface area contributed by atoms with Gasteiger partial charge >= 0.3 is 0 Å². The first kappa shape index (κ1) is 25.3. The molecule has 2 heterocycles. The number of nitrogens with one attached hydrogen (secondary N) is 1. The molecule has 1 amide bonds. The predicted octanol–water partition coefficient (Wildman–Crippen LogP) is 4.73. The van der Waals surface area contributed by atoms with Gasteiger partial charge in [0, 0.05) is 44.8 Å². The Kier molecular flexibility index (Phi) is 8.82. The molecule has 3 aromatic rings. The average Bonchev–Trinajstić information content (AvgIpc) is 3.34. The molecule has 0 aliphatic carbocycles. The fourth-order valence-electron chi connectivity index (χ4n) is 4.26. The van der Waals surface area contributed by atoms with Crippen molar-refractivity contribution in [2.75, 3.05) is 57.9 Å². The molecule has 2 aromatic carbocycles. The quantitative estimate of drug-likeness (QED) is 0.387. The maximum absolute atomic E-state index is 12.6. The summed E-state index contributed by atoms with van der Waals surface area (Å²) in [5.41, 5.74) is 2.82. The molecule has 1 aliphatic rings. The smallest absolute Gasteiger partial charge is 0.251 e. The maximum Gasteiger partial charge on any atom is 0.251 e. The number of methoxy groups -OCH3 is 1. The zero-order chi connectivity index (χ0) is 24.6. The van der Waals surface area contributed by atoms with E-state index in [1.807, 2.05) is 30.3 Å². The van der Waals surface area contributed by atoms with Gasteiger partial charge < -0.3 is 19.7 Å². The molecule has 0 unspecified atom stereocenters. The molecule has 7 nitrogen and oxygen atoms in total. The second-order valence-corrected chi connectivity index (χ2v) is 9.90. The summed E-state index contributed by atoms with van der Waals surface area (Å²) in [7, 11) is 1.69. The fourth-order valence-corrected chi connectivity index (χ4v) is 5.36. The van der Waals surface area contributed by atoms with Gasteiger partial charge in [-0.1, -0.05) is 43.2 Å². The van der Waals surface area contributed by atoms with Crippen molar-refractivity contribution in [1.29, 1.82) is 0 Å². The number of carbonyl (C=O) groups excluding carboxylic acids is 1. The SMILES string of the molecule is CCCCCOc1cccc(C(=O)NCCN2CCN(c3nc4c(OC)ccc(C)c4s3)CC2)c1. The first-order chi connectivity index (χ1) is 17.1. The van der Waals surface area contributed by atoms with Crippen LogP contribution in [0.25, 0.3) is 10.2 Å². The van der Waals surface area contributed by atoms with Crippen molar-refractivity contribution in [3.8, 4) is 11.5 Å². The Balaban J connectivity index is 1.23. The first-order valence-electron chi connectivity index (χ1n) is 12.5. The number of carbonyl (C=O) groups is 1. The minimum Gasteiger partial charge on any atom is -0.494 e. The standard InChI is InChI=1S/C27H36N4O3S/c1-4-5-6-18-34-22-9-7-8-21(19-22)26(32)28-12-13-30-14-16-31(17-15-30)27-29-24-23(33-3)11-10-20(2)25(24)35-27/h7-11,19H,4-6,12-18H2,1-3H3,(H,28,32). The van der Waals surface area contributed by atoms with Gasteiger partial charge in [-0.2, -0.15) is 0 Å². The second kappa shape index (κ2) is 12.2. The van der Waals surface area contributed by atoms with Crippen LogP contribution in [0.4, 0.5) is 5.13 Å². The Bertz CT molecular complexity index is 1120. The van der Waals surface area contributed by atoms with Gasteiger partial charge in [0.15, 0.2) is 5.13 Å². The monoisotopic (exact) mass is 496 g/mol. The number of rotatable bonds is 11. The number of fused-ring (bicyclic) bond motifs is 1. The molecule has 1 aliphatic heterocycles. The molecule has 0 radical (unpaired) electrons. The van der Waals surface area contributed by atoms with Crippen LogP contribution in [0.15, 0.2) is 36.4 Å². The van der Waals surface area contributed by atoms with E-state index in [4.69, 9.17) is 14.5 Å². The Morgan fingerprint density at radius 2 is 1.97 bits per heavy atom. The molecule has 0 saturated carbocycles. The van der Waals surface area contributed by atoms with E-state index in [-0.39, 0.29) is 5.91 Å². The lowest BCUT2D eigenvalue weighted by molar-refractivity contribution is 0.0947. The molecule has 1 fully saturated rings. The van der Waals surface area contributed by atoms with Crippen molar-refractivity contribution < 1.29 is 14.3 Å². The van der Waals surface area contributed by atoms with Crippen LogP contribution in [0.1, 0.15) is 42.1 Å². The molecule has 0 spiro atoms. The summed E-state index contributed by atoms with van der Waals surface area (Å²) in [6.07, 6.45) is 3.36. The number of hydrogen-bond donors (Lipinski definition) is 1. The number of aromatic nitrogens is 1. The third kappa shape index (κ3) is 6.44. The van der Waals surface area contributed by atoms with Crippen LogP contribution in [-0.2, 0) is 0 Å². The largest absolute Gasteiger partial charge is 0.494 e. The Hall–Kier alpha value is -2.84. The number of benzene rings is 2.